The molecule has 0 amide bonds. The Morgan fingerprint density at radius 2 is 2.13 bits per heavy atom. The van der Waals surface area contributed by atoms with Crippen LogP contribution in [0.4, 0.5) is 5.00 Å². The van der Waals surface area contributed by atoms with Crippen molar-refractivity contribution in [1.29, 1.82) is 0 Å². The molecule has 1 aliphatic rings. The molecule has 0 bridgehead atoms. The lowest BCUT2D eigenvalue weighted by atomic mass is 10.3. The molecule has 0 aliphatic carbocycles. The molecule has 124 valence electrons. The van der Waals surface area contributed by atoms with Gasteiger partial charge in [0, 0.05) is 45.7 Å². The Bertz CT molecular complexity index is 586. The van der Waals surface area contributed by atoms with E-state index in [9.17, 15) is 0 Å². The molecule has 0 radical (unpaired) electrons. The van der Waals surface area contributed by atoms with Gasteiger partial charge in [-0.2, -0.15) is 0 Å². The van der Waals surface area contributed by atoms with E-state index in [2.05, 4.69) is 39.6 Å². The zero-order valence-electron chi connectivity index (χ0n) is 13.6. The van der Waals surface area contributed by atoms with Crippen molar-refractivity contribution in [2.75, 3.05) is 44.2 Å². The van der Waals surface area contributed by atoms with Crippen molar-refractivity contribution in [3.05, 3.63) is 41.7 Å². The number of anilines is 1. The largest absolute Gasteiger partial charge is 0.469 e. The Balaban J connectivity index is 1.54. The molecule has 0 saturated carbocycles. The molecule has 6 heteroatoms. The number of rotatable bonds is 5. The lowest BCUT2D eigenvalue weighted by Gasteiger charge is -2.37. The first-order chi connectivity index (χ1) is 11.4. The summed E-state index contributed by atoms with van der Waals surface area (Å²) in [7, 11) is 0. The fraction of sp³-hybridized carbons (Fsp3) is 0.471. The van der Waals surface area contributed by atoms with Crippen LogP contribution >= 0.6 is 11.3 Å². The van der Waals surface area contributed by atoms with Gasteiger partial charge in [0.05, 0.1) is 11.3 Å². The van der Waals surface area contributed by atoms with Crippen LogP contribution in [0.15, 0.2) is 45.3 Å². The molecule has 3 rings (SSSR count). The lowest BCUT2D eigenvalue weighted by Crippen LogP contribution is -2.52. The van der Waals surface area contributed by atoms with Crippen LogP contribution in [-0.2, 0) is 6.42 Å². The zero-order chi connectivity index (χ0) is 15.9. The van der Waals surface area contributed by atoms with Crippen LogP contribution in [-0.4, -0.2) is 50.1 Å². The normalized spacial score (nSPS) is 16.0. The molecule has 2 aromatic heterocycles. The highest BCUT2D eigenvalue weighted by Crippen LogP contribution is 2.22. The summed E-state index contributed by atoms with van der Waals surface area (Å²) in [5, 5.41) is 6.92. The minimum atomic E-state index is 0.751. The fourth-order valence-electron chi connectivity index (χ4n) is 2.74. The van der Waals surface area contributed by atoms with Crippen molar-refractivity contribution in [2.24, 2.45) is 4.99 Å². The third kappa shape index (κ3) is 4.28. The van der Waals surface area contributed by atoms with E-state index in [1.165, 1.54) is 5.00 Å². The van der Waals surface area contributed by atoms with Gasteiger partial charge in [-0.25, -0.2) is 0 Å². The summed E-state index contributed by atoms with van der Waals surface area (Å²) in [6, 6.07) is 8.24. The first kappa shape index (κ1) is 15.9. The maximum atomic E-state index is 5.37. The number of hydrogen-bond acceptors (Lipinski definition) is 4. The molecule has 0 spiro atoms. The van der Waals surface area contributed by atoms with Gasteiger partial charge in [-0.1, -0.05) is 0 Å². The fourth-order valence-corrected chi connectivity index (χ4v) is 3.53. The van der Waals surface area contributed by atoms with E-state index in [1.807, 2.05) is 23.5 Å². The Kier molecular flexibility index (Phi) is 5.58. The summed E-state index contributed by atoms with van der Waals surface area (Å²) in [6.45, 7) is 7.86. The van der Waals surface area contributed by atoms with Crippen LogP contribution in [0.2, 0.25) is 0 Å². The van der Waals surface area contributed by atoms with E-state index >= 15 is 0 Å². The van der Waals surface area contributed by atoms with Gasteiger partial charge in [0.1, 0.15) is 5.76 Å². The van der Waals surface area contributed by atoms with Gasteiger partial charge in [-0.3, -0.25) is 4.99 Å². The molecule has 5 nitrogen and oxygen atoms in total. The molecule has 0 aromatic carbocycles. The lowest BCUT2D eigenvalue weighted by molar-refractivity contribution is 0.373. The topological polar surface area (TPSA) is 44.0 Å². The molecule has 23 heavy (non-hydrogen) atoms. The molecule has 1 fully saturated rings. The maximum Gasteiger partial charge on any atom is 0.194 e. The van der Waals surface area contributed by atoms with E-state index in [0.717, 1.165) is 57.4 Å². The van der Waals surface area contributed by atoms with E-state index < -0.39 is 0 Å². The van der Waals surface area contributed by atoms with E-state index in [4.69, 9.17) is 9.41 Å². The highest BCUT2D eigenvalue weighted by molar-refractivity contribution is 7.14. The van der Waals surface area contributed by atoms with Gasteiger partial charge < -0.3 is 19.5 Å². The first-order valence-electron chi connectivity index (χ1n) is 8.21. The summed E-state index contributed by atoms with van der Waals surface area (Å²) < 4.78 is 5.37. The minimum absolute atomic E-state index is 0.751. The van der Waals surface area contributed by atoms with E-state index in [0.29, 0.717) is 0 Å². The van der Waals surface area contributed by atoms with Crippen molar-refractivity contribution < 1.29 is 4.42 Å². The van der Waals surface area contributed by atoms with E-state index in [-0.39, 0.29) is 0 Å². The number of furan rings is 1. The second-order valence-corrected chi connectivity index (χ2v) is 6.42. The van der Waals surface area contributed by atoms with Crippen LogP contribution < -0.4 is 10.2 Å². The number of aliphatic imine (C=N–C) groups is 1. The van der Waals surface area contributed by atoms with Crippen LogP contribution in [0.5, 0.6) is 0 Å². The maximum absolute atomic E-state index is 5.37. The molecule has 1 saturated heterocycles. The van der Waals surface area contributed by atoms with Crippen molar-refractivity contribution in [2.45, 2.75) is 13.3 Å². The molecule has 0 atom stereocenters. The molecule has 2 aromatic rings. The Hall–Kier alpha value is -1.95. The molecule has 1 N–H and O–H groups in total. The second kappa shape index (κ2) is 8.06. The van der Waals surface area contributed by atoms with Crippen LogP contribution in [0.25, 0.3) is 0 Å². The Morgan fingerprint density at radius 1 is 1.26 bits per heavy atom. The summed E-state index contributed by atoms with van der Waals surface area (Å²) in [4.78, 5) is 9.56. The third-order valence-electron chi connectivity index (χ3n) is 3.93. The number of piperazine rings is 1. The van der Waals surface area contributed by atoms with Gasteiger partial charge >= 0.3 is 0 Å². The van der Waals surface area contributed by atoms with E-state index in [1.54, 1.807) is 6.26 Å². The Morgan fingerprint density at radius 3 is 2.78 bits per heavy atom. The number of guanidine groups is 1. The Labute approximate surface area is 141 Å². The van der Waals surface area contributed by atoms with Gasteiger partial charge in [0.2, 0.25) is 0 Å². The zero-order valence-corrected chi connectivity index (χ0v) is 14.4. The van der Waals surface area contributed by atoms with Crippen molar-refractivity contribution in [3.63, 3.8) is 0 Å². The number of thiophene rings is 1. The van der Waals surface area contributed by atoms with Gasteiger partial charge in [0.25, 0.3) is 0 Å². The van der Waals surface area contributed by atoms with Crippen LogP contribution in [0.3, 0.4) is 0 Å². The average Bonchev–Trinajstić information content (AvgIpc) is 3.28. The predicted octanol–water partition coefficient (Wildman–Crippen LogP) is 2.67. The molecular weight excluding hydrogens is 308 g/mol. The summed E-state index contributed by atoms with van der Waals surface area (Å²) in [6.07, 6.45) is 2.56. The highest BCUT2D eigenvalue weighted by Gasteiger charge is 2.20. The molecular formula is C17H24N4OS. The van der Waals surface area contributed by atoms with Gasteiger partial charge in [0.15, 0.2) is 5.96 Å². The minimum Gasteiger partial charge on any atom is -0.469 e. The van der Waals surface area contributed by atoms with Crippen LogP contribution in [0, 0.1) is 0 Å². The average molecular weight is 332 g/mol. The molecule has 1 aliphatic heterocycles. The smallest absolute Gasteiger partial charge is 0.194 e. The number of hydrogen-bond donors (Lipinski definition) is 1. The monoisotopic (exact) mass is 332 g/mol. The predicted molar refractivity (Wildman–Crippen MR) is 96.5 cm³/mol. The van der Waals surface area contributed by atoms with Crippen molar-refractivity contribution >= 4 is 22.3 Å². The standard InChI is InChI=1S/C17H24N4OS/c1-2-18-17(19-8-7-15-5-3-13-22-15)21-11-9-20(10-12-21)16-6-4-14-23-16/h3-6,13-14H,2,7-12H2,1H3,(H,18,19). The summed E-state index contributed by atoms with van der Waals surface area (Å²) in [5.74, 6) is 2.01. The first-order valence-corrected chi connectivity index (χ1v) is 9.09. The number of nitrogens with one attached hydrogen (secondary N) is 1. The summed E-state index contributed by atoms with van der Waals surface area (Å²) >= 11 is 1.81. The van der Waals surface area contributed by atoms with Crippen molar-refractivity contribution in [3.8, 4) is 0 Å². The van der Waals surface area contributed by atoms with Crippen molar-refractivity contribution in [1.82, 2.24) is 10.2 Å². The third-order valence-corrected chi connectivity index (χ3v) is 4.86. The SMILES string of the molecule is CCNC(=NCCc1ccco1)N1CCN(c2cccs2)CC1. The second-order valence-electron chi connectivity index (χ2n) is 5.49. The quantitative estimate of drug-likeness (QED) is 0.675. The highest BCUT2D eigenvalue weighted by atomic mass is 32.1. The van der Waals surface area contributed by atoms with Gasteiger partial charge in [-0.15, -0.1) is 11.3 Å². The van der Waals surface area contributed by atoms with Crippen LogP contribution in [0.1, 0.15) is 12.7 Å². The number of nitrogens with zero attached hydrogens (tertiary/aromatic N) is 3. The van der Waals surface area contributed by atoms with Gasteiger partial charge in [-0.05, 0) is 36.6 Å². The molecule has 3 heterocycles. The molecule has 0 unspecified atom stereocenters. The summed E-state index contributed by atoms with van der Waals surface area (Å²) in [5.41, 5.74) is 0.